The fourth-order valence-electron chi connectivity index (χ4n) is 3.17. The first-order chi connectivity index (χ1) is 10.2. The SMILES string of the molecule is Cc1csc(C(O)c2ccc(C3CCCCC3)cc2)c1Cl. The van der Waals surface area contributed by atoms with Crippen molar-refractivity contribution in [2.75, 3.05) is 0 Å². The number of thiophene rings is 1. The van der Waals surface area contributed by atoms with E-state index in [1.54, 1.807) is 0 Å². The third-order valence-electron chi connectivity index (χ3n) is 4.50. The van der Waals surface area contributed by atoms with E-state index in [2.05, 4.69) is 24.3 Å². The van der Waals surface area contributed by atoms with Crippen LogP contribution in [0.3, 0.4) is 0 Å². The van der Waals surface area contributed by atoms with Gasteiger partial charge in [0.25, 0.3) is 0 Å². The minimum atomic E-state index is -0.614. The van der Waals surface area contributed by atoms with Crippen molar-refractivity contribution in [1.29, 1.82) is 0 Å². The topological polar surface area (TPSA) is 20.2 Å². The molecule has 21 heavy (non-hydrogen) atoms. The van der Waals surface area contributed by atoms with Gasteiger partial charge in [0, 0.05) is 0 Å². The molecule has 1 saturated carbocycles. The molecule has 1 N–H and O–H groups in total. The molecular formula is C18H21ClOS. The normalized spacial score (nSPS) is 17.9. The zero-order chi connectivity index (χ0) is 14.8. The van der Waals surface area contributed by atoms with Gasteiger partial charge in [-0.3, -0.25) is 0 Å². The maximum Gasteiger partial charge on any atom is 0.115 e. The number of hydrogen-bond acceptors (Lipinski definition) is 2. The van der Waals surface area contributed by atoms with Crippen LogP contribution in [-0.2, 0) is 0 Å². The fraction of sp³-hybridized carbons (Fsp3) is 0.444. The summed E-state index contributed by atoms with van der Waals surface area (Å²) in [6.45, 7) is 1.97. The van der Waals surface area contributed by atoms with Crippen molar-refractivity contribution in [3.8, 4) is 0 Å². The van der Waals surface area contributed by atoms with Crippen molar-refractivity contribution >= 4 is 22.9 Å². The molecule has 0 saturated heterocycles. The lowest BCUT2D eigenvalue weighted by molar-refractivity contribution is 0.224. The quantitative estimate of drug-likeness (QED) is 0.753. The highest BCUT2D eigenvalue weighted by atomic mass is 35.5. The highest BCUT2D eigenvalue weighted by Crippen LogP contribution is 2.37. The van der Waals surface area contributed by atoms with Gasteiger partial charge in [0.15, 0.2) is 0 Å². The smallest absolute Gasteiger partial charge is 0.115 e. The maximum absolute atomic E-state index is 10.5. The van der Waals surface area contributed by atoms with E-state index >= 15 is 0 Å². The van der Waals surface area contributed by atoms with E-state index in [-0.39, 0.29) is 0 Å². The van der Waals surface area contributed by atoms with Crippen molar-refractivity contribution < 1.29 is 5.11 Å². The highest BCUT2D eigenvalue weighted by molar-refractivity contribution is 7.10. The maximum atomic E-state index is 10.5. The summed E-state index contributed by atoms with van der Waals surface area (Å²) in [7, 11) is 0. The molecular weight excluding hydrogens is 300 g/mol. The van der Waals surface area contributed by atoms with Gasteiger partial charge in [-0.2, -0.15) is 0 Å². The Morgan fingerprint density at radius 2 is 1.81 bits per heavy atom. The molecule has 0 aliphatic heterocycles. The van der Waals surface area contributed by atoms with Gasteiger partial charge in [0.1, 0.15) is 6.10 Å². The Balaban J connectivity index is 1.78. The number of rotatable bonds is 3. The van der Waals surface area contributed by atoms with Gasteiger partial charge in [0.2, 0.25) is 0 Å². The number of halogens is 1. The van der Waals surface area contributed by atoms with E-state index < -0.39 is 6.10 Å². The zero-order valence-electron chi connectivity index (χ0n) is 12.3. The van der Waals surface area contributed by atoms with Crippen LogP contribution in [-0.4, -0.2) is 5.11 Å². The Morgan fingerprint density at radius 1 is 1.14 bits per heavy atom. The van der Waals surface area contributed by atoms with E-state index in [1.165, 1.54) is 49.0 Å². The van der Waals surface area contributed by atoms with Gasteiger partial charge in [-0.05, 0) is 47.8 Å². The van der Waals surface area contributed by atoms with Crippen LogP contribution in [0.1, 0.15) is 65.7 Å². The fourth-order valence-corrected chi connectivity index (χ4v) is 4.48. The van der Waals surface area contributed by atoms with Crippen molar-refractivity contribution in [2.24, 2.45) is 0 Å². The summed E-state index contributed by atoms with van der Waals surface area (Å²) in [6.07, 6.45) is 6.06. The molecule has 1 aliphatic rings. The average molecular weight is 321 g/mol. The lowest BCUT2D eigenvalue weighted by Crippen LogP contribution is -2.05. The predicted octanol–water partition coefficient (Wildman–Crippen LogP) is 5.84. The van der Waals surface area contributed by atoms with E-state index in [4.69, 9.17) is 11.6 Å². The molecule has 0 spiro atoms. The van der Waals surface area contributed by atoms with Gasteiger partial charge in [-0.15, -0.1) is 11.3 Å². The van der Waals surface area contributed by atoms with Crippen LogP contribution < -0.4 is 0 Å². The standard InChI is InChI=1S/C18H21ClOS/c1-12-11-21-18(16(12)19)17(20)15-9-7-14(8-10-15)13-5-3-2-4-6-13/h7-11,13,17,20H,2-6H2,1H3. The second-order valence-electron chi connectivity index (χ2n) is 6.00. The molecule has 1 fully saturated rings. The minimum Gasteiger partial charge on any atom is -0.383 e. The summed E-state index contributed by atoms with van der Waals surface area (Å²) >= 11 is 7.79. The molecule has 1 aromatic heterocycles. The molecule has 0 amide bonds. The molecule has 3 rings (SSSR count). The van der Waals surface area contributed by atoms with E-state index in [0.29, 0.717) is 10.9 Å². The van der Waals surface area contributed by atoms with Gasteiger partial charge < -0.3 is 5.11 Å². The molecule has 1 aliphatic carbocycles. The molecule has 1 atom stereocenters. The molecule has 2 aromatic rings. The van der Waals surface area contributed by atoms with Crippen molar-refractivity contribution in [1.82, 2.24) is 0 Å². The predicted molar refractivity (Wildman–Crippen MR) is 90.4 cm³/mol. The van der Waals surface area contributed by atoms with Crippen molar-refractivity contribution in [3.63, 3.8) is 0 Å². The number of aliphatic hydroxyl groups is 1. The lowest BCUT2D eigenvalue weighted by Gasteiger charge is -2.22. The molecule has 1 heterocycles. The molecule has 1 aromatic carbocycles. The summed E-state index contributed by atoms with van der Waals surface area (Å²) in [5, 5.41) is 13.2. The molecule has 1 unspecified atom stereocenters. The molecule has 3 heteroatoms. The van der Waals surface area contributed by atoms with Crippen LogP contribution in [0.2, 0.25) is 5.02 Å². The van der Waals surface area contributed by atoms with Gasteiger partial charge in [-0.25, -0.2) is 0 Å². The molecule has 1 nitrogen and oxygen atoms in total. The van der Waals surface area contributed by atoms with E-state index in [9.17, 15) is 5.11 Å². The third-order valence-corrected chi connectivity index (χ3v) is 6.27. The Labute approximate surface area is 135 Å². The first kappa shape index (κ1) is 15.1. The average Bonchev–Trinajstić information content (AvgIpc) is 2.87. The van der Waals surface area contributed by atoms with E-state index in [1.807, 2.05) is 12.3 Å². The minimum absolute atomic E-state index is 0.614. The van der Waals surface area contributed by atoms with Crippen LogP contribution in [0.25, 0.3) is 0 Å². The second kappa shape index (κ2) is 6.51. The summed E-state index contributed by atoms with van der Waals surface area (Å²) in [6, 6.07) is 8.48. The van der Waals surface area contributed by atoms with Crippen molar-refractivity contribution in [2.45, 2.75) is 51.0 Å². The molecule has 0 radical (unpaired) electrons. The molecule has 112 valence electrons. The highest BCUT2D eigenvalue weighted by Gasteiger charge is 2.19. The van der Waals surface area contributed by atoms with Crippen LogP contribution >= 0.6 is 22.9 Å². The number of hydrogen-bond donors (Lipinski definition) is 1. The monoisotopic (exact) mass is 320 g/mol. The Morgan fingerprint density at radius 3 is 2.38 bits per heavy atom. The van der Waals surface area contributed by atoms with Crippen LogP contribution in [0.5, 0.6) is 0 Å². The van der Waals surface area contributed by atoms with Gasteiger partial charge >= 0.3 is 0 Å². The van der Waals surface area contributed by atoms with Crippen LogP contribution in [0.15, 0.2) is 29.6 Å². The lowest BCUT2D eigenvalue weighted by atomic mass is 9.84. The summed E-state index contributed by atoms with van der Waals surface area (Å²) < 4.78 is 0. The summed E-state index contributed by atoms with van der Waals surface area (Å²) in [4.78, 5) is 0.847. The van der Waals surface area contributed by atoms with Crippen LogP contribution in [0, 0.1) is 6.92 Å². The Hall–Kier alpha value is -0.830. The Bertz CT molecular complexity index is 596. The second-order valence-corrected chi connectivity index (χ2v) is 7.29. The Kier molecular flexibility index (Phi) is 4.68. The number of benzene rings is 1. The summed E-state index contributed by atoms with van der Waals surface area (Å²) in [5.74, 6) is 0.706. The van der Waals surface area contributed by atoms with Gasteiger partial charge in [-0.1, -0.05) is 55.1 Å². The van der Waals surface area contributed by atoms with Crippen LogP contribution in [0.4, 0.5) is 0 Å². The first-order valence-corrected chi connectivity index (χ1v) is 8.94. The molecule has 0 bridgehead atoms. The first-order valence-electron chi connectivity index (χ1n) is 7.68. The van der Waals surface area contributed by atoms with Crippen molar-refractivity contribution in [3.05, 3.63) is 56.2 Å². The third kappa shape index (κ3) is 3.18. The van der Waals surface area contributed by atoms with E-state index in [0.717, 1.165) is 16.0 Å². The van der Waals surface area contributed by atoms with Gasteiger partial charge in [0.05, 0.1) is 9.90 Å². The number of aryl methyl sites for hydroxylation is 1. The number of aliphatic hydroxyl groups excluding tert-OH is 1. The largest absolute Gasteiger partial charge is 0.383 e. The zero-order valence-corrected chi connectivity index (χ0v) is 13.9. The summed E-state index contributed by atoms with van der Waals surface area (Å²) in [5.41, 5.74) is 3.38.